The molecule has 0 radical (unpaired) electrons. The van der Waals surface area contributed by atoms with Gasteiger partial charge >= 0.3 is 5.97 Å². The predicted molar refractivity (Wildman–Crippen MR) is 98.0 cm³/mol. The zero-order valence-corrected chi connectivity index (χ0v) is 15.7. The zero-order valence-electron chi connectivity index (χ0n) is 15.7. The van der Waals surface area contributed by atoms with E-state index in [1.54, 1.807) is 12.1 Å². The molecule has 6 nitrogen and oxygen atoms in total. The average Bonchev–Trinajstić information content (AvgIpc) is 3.02. The highest BCUT2D eigenvalue weighted by Crippen LogP contribution is 2.43. The number of hydrogen-bond acceptors (Lipinski definition) is 4. The highest BCUT2D eigenvalue weighted by molar-refractivity contribution is 5.83. The van der Waals surface area contributed by atoms with Gasteiger partial charge < -0.3 is 19.6 Å². The molecule has 2 aliphatic heterocycles. The average molecular weight is 378 g/mol. The number of hydrogen-bond donors (Lipinski definition) is 1. The number of nitrogens with zero attached hydrogens (tertiary/aromatic N) is 2. The topological polar surface area (TPSA) is 70.1 Å². The number of carboxylic acids is 1. The molecule has 1 atom stereocenters. The van der Waals surface area contributed by atoms with E-state index in [-0.39, 0.29) is 17.1 Å². The number of rotatable bonds is 6. The highest BCUT2D eigenvalue weighted by Gasteiger charge is 2.48. The molecule has 148 valence electrons. The van der Waals surface area contributed by atoms with E-state index in [4.69, 9.17) is 4.74 Å². The second-order valence-corrected chi connectivity index (χ2v) is 7.70. The zero-order chi connectivity index (χ0) is 19.4. The summed E-state index contributed by atoms with van der Waals surface area (Å²) in [7, 11) is 0. The molecule has 1 aromatic carbocycles. The van der Waals surface area contributed by atoms with Gasteiger partial charge in [-0.25, -0.2) is 9.18 Å². The Morgan fingerprint density at radius 2 is 1.93 bits per heavy atom. The molecule has 1 aromatic rings. The summed E-state index contributed by atoms with van der Waals surface area (Å²) in [6.07, 6.45) is 3.27. The van der Waals surface area contributed by atoms with Crippen molar-refractivity contribution in [2.75, 3.05) is 32.8 Å². The Morgan fingerprint density at radius 3 is 2.48 bits per heavy atom. The summed E-state index contributed by atoms with van der Waals surface area (Å²) < 4.78 is 18.5. The minimum absolute atomic E-state index is 0.0597. The Hall–Kier alpha value is -2.15. The lowest BCUT2D eigenvalue weighted by Crippen LogP contribution is -2.42. The Bertz CT molecular complexity index is 647. The van der Waals surface area contributed by atoms with Gasteiger partial charge in [0.25, 0.3) is 0 Å². The summed E-state index contributed by atoms with van der Waals surface area (Å²) in [5, 5.41) is 9.41. The van der Waals surface area contributed by atoms with Crippen molar-refractivity contribution >= 4 is 11.9 Å². The number of carbonyl (C=O) groups is 2. The molecular formula is C20H27FN2O4. The number of carboxylic acid groups (broad SMARTS) is 1. The smallest absolute Gasteiger partial charge is 0.326 e. The second-order valence-electron chi connectivity index (χ2n) is 7.70. The first-order chi connectivity index (χ1) is 12.9. The van der Waals surface area contributed by atoms with E-state index >= 15 is 0 Å². The molecule has 2 saturated heterocycles. The third-order valence-electron chi connectivity index (χ3n) is 5.82. The lowest BCUT2D eigenvalue weighted by Gasteiger charge is -2.39. The second kappa shape index (κ2) is 8.25. The Labute approximate surface area is 158 Å². The van der Waals surface area contributed by atoms with E-state index in [0.29, 0.717) is 25.3 Å². The van der Waals surface area contributed by atoms with Crippen LogP contribution in [-0.2, 0) is 9.59 Å². The van der Waals surface area contributed by atoms with Gasteiger partial charge in [0.2, 0.25) is 5.91 Å². The summed E-state index contributed by atoms with van der Waals surface area (Å²) >= 11 is 0. The van der Waals surface area contributed by atoms with Gasteiger partial charge in [0, 0.05) is 20.0 Å². The van der Waals surface area contributed by atoms with Crippen molar-refractivity contribution in [1.82, 2.24) is 9.80 Å². The quantitative estimate of drug-likeness (QED) is 0.770. The van der Waals surface area contributed by atoms with Crippen LogP contribution < -0.4 is 4.74 Å². The van der Waals surface area contributed by atoms with Crippen molar-refractivity contribution in [3.05, 3.63) is 30.1 Å². The monoisotopic (exact) mass is 378 g/mol. The molecule has 1 amide bonds. The molecule has 0 aromatic heterocycles. The summed E-state index contributed by atoms with van der Waals surface area (Å²) in [4.78, 5) is 27.1. The predicted octanol–water partition coefficient (Wildman–Crippen LogP) is 2.38. The van der Waals surface area contributed by atoms with Crippen molar-refractivity contribution in [2.24, 2.45) is 5.41 Å². The lowest BCUT2D eigenvalue weighted by atomic mass is 9.76. The number of likely N-dealkylation sites (tertiary alicyclic amines) is 2. The van der Waals surface area contributed by atoms with Crippen LogP contribution in [0.25, 0.3) is 0 Å². The number of piperidine rings is 1. The molecule has 0 saturated carbocycles. The Kier molecular flexibility index (Phi) is 5.99. The third kappa shape index (κ3) is 4.77. The SMILES string of the molecule is CC(=O)N1CC2(CCN(CCCOc3ccc(F)cc3)CC2)C[C@H]1C(=O)O. The lowest BCUT2D eigenvalue weighted by molar-refractivity contribution is -0.147. The van der Waals surface area contributed by atoms with Crippen LogP contribution in [0.2, 0.25) is 0 Å². The highest BCUT2D eigenvalue weighted by atomic mass is 19.1. The minimum Gasteiger partial charge on any atom is -0.494 e. The van der Waals surface area contributed by atoms with Crippen LogP contribution in [0, 0.1) is 11.2 Å². The first kappa shape index (κ1) is 19.6. The van der Waals surface area contributed by atoms with Gasteiger partial charge in [-0.05, 0) is 68.5 Å². The maximum Gasteiger partial charge on any atom is 0.326 e. The fourth-order valence-electron chi connectivity index (χ4n) is 4.23. The normalized spacial score (nSPS) is 22.1. The minimum atomic E-state index is -0.901. The molecule has 7 heteroatoms. The maximum atomic E-state index is 12.9. The number of aliphatic carboxylic acids is 1. The van der Waals surface area contributed by atoms with Gasteiger partial charge in [0.1, 0.15) is 17.6 Å². The van der Waals surface area contributed by atoms with E-state index in [2.05, 4.69) is 4.90 Å². The Morgan fingerprint density at radius 1 is 1.26 bits per heavy atom. The van der Waals surface area contributed by atoms with E-state index in [1.165, 1.54) is 24.0 Å². The Balaban J connectivity index is 1.42. The molecule has 2 aliphatic rings. The molecule has 0 bridgehead atoms. The van der Waals surface area contributed by atoms with Crippen LogP contribution in [0.15, 0.2) is 24.3 Å². The first-order valence-electron chi connectivity index (χ1n) is 9.49. The number of benzene rings is 1. The molecule has 27 heavy (non-hydrogen) atoms. The number of ether oxygens (including phenoxy) is 1. The third-order valence-corrected chi connectivity index (χ3v) is 5.82. The first-order valence-corrected chi connectivity index (χ1v) is 9.49. The molecule has 2 fully saturated rings. The standard InChI is InChI=1S/C20H27FN2O4/c1-15(24)23-14-20(13-18(23)19(25)26)7-10-22(11-8-20)9-2-12-27-17-5-3-16(21)4-6-17/h3-6,18H,2,7-14H2,1H3,(H,25,26)/t18-/m0/s1. The van der Waals surface area contributed by atoms with Gasteiger partial charge in [-0.15, -0.1) is 0 Å². The van der Waals surface area contributed by atoms with E-state index < -0.39 is 12.0 Å². The summed E-state index contributed by atoms with van der Waals surface area (Å²) in [5.74, 6) is -0.656. The van der Waals surface area contributed by atoms with Gasteiger partial charge in [0.05, 0.1) is 6.61 Å². The van der Waals surface area contributed by atoms with Crippen LogP contribution in [0.5, 0.6) is 5.75 Å². The fraction of sp³-hybridized carbons (Fsp3) is 0.600. The molecule has 1 spiro atoms. The van der Waals surface area contributed by atoms with Crippen LogP contribution in [-0.4, -0.2) is 65.6 Å². The van der Waals surface area contributed by atoms with Crippen molar-refractivity contribution in [2.45, 2.75) is 38.6 Å². The maximum absolute atomic E-state index is 12.9. The van der Waals surface area contributed by atoms with Crippen molar-refractivity contribution < 1.29 is 23.8 Å². The molecule has 0 unspecified atom stereocenters. The summed E-state index contributed by atoms with van der Waals surface area (Å²) in [6.45, 7) is 5.32. The van der Waals surface area contributed by atoms with Crippen LogP contribution in [0.3, 0.4) is 0 Å². The largest absolute Gasteiger partial charge is 0.494 e. The molecule has 3 rings (SSSR count). The van der Waals surface area contributed by atoms with Gasteiger partial charge in [-0.3, -0.25) is 4.79 Å². The van der Waals surface area contributed by atoms with Crippen molar-refractivity contribution in [1.29, 1.82) is 0 Å². The molecule has 0 aliphatic carbocycles. The van der Waals surface area contributed by atoms with Crippen molar-refractivity contribution in [3.63, 3.8) is 0 Å². The number of halogens is 1. The van der Waals surface area contributed by atoms with E-state index in [9.17, 15) is 19.1 Å². The number of amides is 1. The molecule has 2 heterocycles. The van der Waals surface area contributed by atoms with E-state index in [1.807, 2.05) is 0 Å². The van der Waals surface area contributed by atoms with Crippen LogP contribution in [0.1, 0.15) is 32.6 Å². The summed E-state index contributed by atoms with van der Waals surface area (Å²) in [6, 6.07) is 5.34. The van der Waals surface area contributed by atoms with Crippen LogP contribution in [0.4, 0.5) is 4.39 Å². The summed E-state index contributed by atoms with van der Waals surface area (Å²) in [5.41, 5.74) is -0.0597. The molecule has 1 N–H and O–H groups in total. The molecular weight excluding hydrogens is 351 g/mol. The van der Waals surface area contributed by atoms with Gasteiger partial charge in [-0.1, -0.05) is 0 Å². The number of carbonyl (C=O) groups excluding carboxylic acids is 1. The van der Waals surface area contributed by atoms with Gasteiger partial charge in [-0.2, -0.15) is 0 Å². The fourth-order valence-corrected chi connectivity index (χ4v) is 4.23. The van der Waals surface area contributed by atoms with E-state index in [0.717, 1.165) is 38.9 Å². The van der Waals surface area contributed by atoms with Gasteiger partial charge in [0.15, 0.2) is 0 Å². The van der Waals surface area contributed by atoms with Crippen LogP contribution >= 0.6 is 0 Å². The van der Waals surface area contributed by atoms with Crippen molar-refractivity contribution in [3.8, 4) is 5.75 Å².